The molecule has 0 aromatic heterocycles. The number of ether oxygens (including phenoxy) is 1. The van der Waals surface area contributed by atoms with Crippen molar-refractivity contribution in [2.45, 2.75) is 20.3 Å². The highest BCUT2D eigenvalue weighted by atomic mass is 16.6. The van der Waals surface area contributed by atoms with E-state index in [9.17, 15) is 0 Å². The maximum Gasteiger partial charge on any atom is 0.143 e. The third kappa shape index (κ3) is 4.36. The quantitative estimate of drug-likeness (QED) is 0.366. The number of aliphatic hydroxyl groups excluding tert-OH is 2. The van der Waals surface area contributed by atoms with Crippen LogP contribution in [0.5, 0.6) is 0 Å². The minimum atomic E-state index is -0.261. The summed E-state index contributed by atoms with van der Waals surface area (Å²) >= 11 is 0. The van der Waals surface area contributed by atoms with Crippen LogP contribution >= 0.6 is 0 Å². The Bertz CT molecular complexity index is 132. The maximum absolute atomic E-state index is 9.17. The average molecular weight is 174 g/mol. The van der Waals surface area contributed by atoms with Gasteiger partial charge in [0.25, 0.3) is 0 Å². The normalized spacial score (nSPS) is 13.3. The Hall–Kier alpha value is -0.540. The zero-order valence-corrected chi connectivity index (χ0v) is 7.79. The van der Waals surface area contributed by atoms with Gasteiger partial charge in [-0.1, -0.05) is 20.4 Å². The summed E-state index contributed by atoms with van der Waals surface area (Å²) in [6.07, 6.45) is 0.702. The van der Waals surface area contributed by atoms with Crippen molar-refractivity contribution < 1.29 is 14.9 Å². The molecule has 1 atom stereocenters. The molecular weight excluding hydrogens is 156 g/mol. The summed E-state index contributed by atoms with van der Waals surface area (Å²) in [4.78, 5) is 0. The third-order valence-corrected chi connectivity index (χ3v) is 1.90. The molecule has 2 N–H and O–H groups in total. The summed E-state index contributed by atoms with van der Waals surface area (Å²) in [7, 11) is 0. The molecule has 72 valence electrons. The van der Waals surface area contributed by atoms with Gasteiger partial charge in [-0.05, 0) is 12.3 Å². The van der Waals surface area contributed by atoms with E-state index in [1.165, 1.54) is 0 Å². The van der Waals surface area contributed by atoms with Crippen LogP contribution in [-0.2, 0) is 4.74 Å². The van der Waals surface area contributed by atoms with Crippen molar-refractivity contribution in [2.75, 3.05) is 13.4 Å². The fourth-order valence-corrected chi connectivity index (χ4v) is 1.16. The van der Waals surface area contributed by atoms with Crippen LogP contribution < -0.4 is 0 Å². The molecule has 0 aliphatic heterocycles. The molecule has 0 rings (SSSR count). The lowest BCUT2D eigenvalue weighted by atomic mass is 9.91. The van der Waals surface area contributed by atoms with Gasteiger partial charge in [0.15, 0.2) is 0 Å². The molecule has 0 amide bonds. The standard InChI is InChI=1S/C9H18O3/c1-7(2)9(8(3)11)4-5-12-6-10/h7,9-11H,3-6H2,1-2H3. The molecule has 0 bridgehead atoms. The molecule has 0 aliphatic carbocycles. The van der Waals surface area contributed by atoms with E-state index in [-0.39, 0.29) is 18.5 Å². The van der Waals surface area contributed by atoms with E-state index in [1.54, 1.807) is 0 Å². The van der Waals surface area contributed by atoms with E-state index in [1.807, 2.05) is 13.8 Å². The SMILES string of the molecule is C=C(O)C(CCOCO)C(C)C. The fourth-order valence-electron chi connectivity index (χ4n) is 1.16. The largest absolute Gasteiger partial charge is 0.513 e. The Labute approximate surface area is 73.7 Å². The molecule has 0 saturated carbocycles. The van der Waals surface area contributed by atoms with Gasteiger partial charge in [-0.25, -0.2) is 0 Å². The molecular formula is C9H18O3. The molecule has 0 aromatic rings. The predicted octanol–water partition coefficient (Wildman–Crippen LogP) is 1.69. The van der Waals surface area contributed by atoms with Gasteiger partial charge >= 0.3 is 0 Å². The van der Waals surface area contributed by atoms with Crippen molar-refractivity contribution in [3.8, 4) is 0 Å². The molecule has 0 radical (unpaired) electrons. The van der Waals surface area contributed by atoms with Crippen LogP contribution in [0, 0.1) is 11.8 Å². The number of hydrogen-bond donors (Lipinski definition) is 2. The second-order valence-electron chi connectivity index (χ2n) is 3.17. The Morgan fingerprint density at radius 1 is 1.50 bits per heavy atom. The summed E-state index contributed by atoms with van der Waals surface area (Å²) in [5.41, 5.74) is 0. The number of aliphatic hydroxyl groups is 2. The van der Waals surface area contributed by atoms with E-state index in [4.69, 9.17) is 14.9 Å². The number of allylic oxidation sites excluding steroid dienone is 1. The van der Waals surface area contributed by atoms with Crippen molar-refractivity contribution >= 4 is 0 Å². The summed E-state index contributed by atoms with van der Waals surface area (Å²) in [5, 5.41) is 17.5. The lowest BCUT2D eigenvalue weighted by Gasteiger charge is -2.18. The van der Waals surface area contributed by atoms with Crippen molar-refractivity contribution in [3.63, 3.8) is 0 Å². The smallest absolute Gasteiger partial charge is 0.143 e. The van der Waals surface area contributed by atoms with Gasteiger partial charge in [0.05, 0.1) is 12.4 Å². The molecule has 1 unspecified atom stereocenters. The summed E-state index contributed by atoms with van der Waals surface area (Å²) in [5.74, 6) is 0.618. The van der Waals surface area contributed by atoms with Gasteiger partial charge in [0.2, 0.25) is 0 Å². The van der Waals surface area contributed by atoms with Gasteiger partial charge in [-0.2, -0.15) is 0 Å². The molecule has 12 heavy (non-hydrogen) atoms. The van der Waals surface area contributed by atoms with Crippen LogP contribution in [0.25, 0.3) is 0 Å². The average Bonchev–Trinajstić information content (AvgIpc) is 1.96. The van der Waals surface area contributed by atoms with Gasteiger partial charge in [-0.3, -0.25) is 0 Å². The molecule has 0 heterocycles. The van der Waals surface area contributed by atoms with E-state index in [2.05, 4.69) is 6.58 Å². The second kappa shape index (κ2) is 6.03. The Kier molecular flexibility index (Phi) is 5.76. The maximum atomic E-state index is 9.17. The van der Waals surface area contributed by atoms with Crippen molar-refractivity contribution in [3.05, 3.63) is 12.3 Å². The first-order valence-corrected chi connectivity index (χ1v) is 4.16. The van der Waals surface area contributed by atoms with E-state index >= 15 is 0 Å². The highest BCUT2D eigenvalue weighted by molar-refractivity contribution is 4.90. The van der Waals surface area contributed by atoms with Crippen LogP contribution in [0.4, 0.5) is 0 Å². The molecule has 0 saturated heterocycles. The van der Waals surface area contributed by atoms with Crippen LogP contribution in [0.3, 0.4) is 0 Å². The zero-order valence-electron chi connectivity index (χ0n) is 7.79. The van der Waals surface area contributed by atoms with E-state index in [0.29, 0.717) is 18.9 Å². The van der Waals surface area contributed by atoms with E-state index < -0.39 is 0 Å². The highest BCUT2D eigenvalue weighted by Crippen LogP contribution is 2.20. The lowest BCUT2D eigenvalue weighted by Crippen LogP contribution is -2.14. The highest BCUT2D eigenvalue weighted by Gasteiger charge is 2.15. The second-order valence-corrected chi connectivity index (χ2v) is 3.17. The van der Waals surface area contributed by atoms with Crippen molar-refractivity contribution in [1.82, 2.24) is 0 Å². The van der Waals surface area contributed by atoms with E-state index in [0.717, 1.165) is 0 Å². The molecule has 0 aromatic carbocycles. The van der Waals surface area contributed by atoms with Crippen LogP contribution in [0.1, 0.15) is 20.3 Å². The van der Waals surface area contributed by atoms with Crippen LogP contribution in [0.15, 0.2) is 12.3 Å². The third-order valence-electron chi connectivity index (χ3n) is 1.90. The number of hydrogen-bond acceptors (Lipinski definition) is 3. The van der Waals surface area contributed by atoms with Gasteiger partial charge in [-0.15, -0.1) is 0 Å². The minimum absolute atomic E-state index is 0.0662. The fraction of sp³-hybridized carbons (Fsp3) is 0.778. The molecule has 0 fully saturated rings. The van der Waals surface area contributed by atoms with Gasteiger partial charge < -0.3 is 14.9 Å². The monoisotopic (exact) mass is 174 g/mol. The first-order valence-electron chi connectivity index (χ1n) is 4.16. The molecule has 3 nitrogen and oxygen atoms in total. The minimum Gasteiger partial charge on any atom is -0.513 e. The Morgan fingerprint density at radius 2 is 2.08 bits per heavy atom. The van der Waals surface area contributed by atoms with Crippen LogP contribution in [0.2, 0.25) is 0 Å². The molecule has 3 heteroatoms. The summed E-state index contributed by atoms with van der Waals surface area (Å²) in [6, 6.07) is 0. The number of rotatable bonds is 6. The Morgan fingerprint density at radius 3 is 2.42 bits per heavy atom. The van der Waals surface area contributed by atoms with Gasteiger partial charge in [0, 0.05) is 5.92 Å². The zero-order chi connectivity index (χ0) is 9.56. The van der Waals surface area contributed by atoms with Gasteiger partial charge in [0.1, 0.15) is 6.79 Å². The van der Waals surface area contributed by atoms with Crippen LogP contribution in [-0.4, -0.2) is 23.6 Å². The van der Waals surface area contributed by atoms with Crippen molar-refractivity contribution in [1.29, 1.82) is 0 Å². The summed E-state index contributed by atoms with van der Waals surface area (Å²) in [6.45, 7) is 7.73. The first-order chi connectivity index (χ1) is 5.59. The predicted molar refractivity (Wildman–Crippen MR) is 47.8 cm³/mol. The lowest BCUT2D eigenvalue weighted by molar-refractivity contribution is -0.00853. The topological polar surface area (TPSA) is 49.7 Å². The molecule has 0 spiro atoms. The van der Waals surface area contributed by atoms with Crippen molar-refractivity contribution in [2.24, 2.45) is 11.8 Å². The molecule has 0 aliphatic rings. The summed E-state index contributed by atoms with van der Waals surface area (Å²) < 4.78 is 4.77. The Balaban J connectivity index is 3.72. The first kappa shape index (κ1) is 11.5.